The van der Waals surface area contributed by atoms with E-state index in [4.69, 9.17) is 5.73 Å². The zero-order valence-corrected chi connectivity index (χ0v) is 12.5. The van der Waals surface area contributed by atoms with Crippen LogP contribution >= 0.6 is 15.9 Å². The van der Waals surface area contributed by atoms with Crippen LogP contribution in [0.4, 0.5) is 0 Å². The van der Waals surface area contributed by atoms with E-state index in [1.165, 1.54) is 11.1 Å². The Morgan fingerprint density at radius 2 is 1.94 bits per heavy atom. The maximum atomic E-state index is 6.11. The predicted octanol–water partition coefficient (Wildman–Crippen LogP) is 3.66. The number of nitrogens with two attached hydrogens (primary N) is 1. The molecular formula is C14H18BrN3. The topological polar surface area (TPSA) is 43.8 Å². The number of imidazole rings is 1. The van der Waals surface area contributed by atoms with Crippen LogP contribution in [0.1, 0.15) is 36.2 Å². The van der Waals surface area contributed by atoms with Gasteiger partial charge in [0, 0.05) is 16.2 Å². The van der Waals surface area contributed by atoms with Crippen molar-refractivity contribution in [1.29, 1.82) is 0 Å². The molecule has 0 aliphatic carbocycles. The zero-order chi connectivity index (χ0) is 13.3. The Morgan fingerprint density at radius 1 is 1.33 bits per heavy atom. The third-order valence-electron chi connectivity index (χ3n) is 3.19. The average molecular weight is 308 g/mol. The van der Waals surface area contributed by atoms with Gasteiger partial charge in [0.2, 0.25) is 0 Å². The van der Waals surface area contributed by atoms with E-state index < -0.39 is 0 Å². The summed E-state index contributed by atoms with van der Waals surface area (Å²) < 4.78 is 3.23. The Kier molecular flexibility index (Phi) is 3.88. The third-order valence-corrected chi connectivity index (χ3v) is 4.44. The van der Waals surface area contributed by atoms with Crippen molar-refractivity contribution in [2.45, 2.75) is 33.2 Å². The Hall–Kier alpha value is -1.13. The number of rotatable bonds is 3. The minimum atomic E-state index is 0.0248. The zero-order valence-electron chi connectivity index (χ0n) is 10.9. The molecule has 0 radical (unpaired) electrons. The monoisotopic (exact) mass is 307 g/mol. The molecule has 2 N–H and O–H groups in total. The van der Waals surface area contributed by atoms with E-state index in [0.717, 1.165) is 22.3 Å². The van der Waals surface area contributed by atoms with Gasteiger partial charge in [-0.25, -0.2) is 4.98 Å². The summed E-state index contributed by atoms with van der Waals surface area (Å²) >= 11 is 3.59. The second-order valence-electron chi connectivity index (χ2n) is 4.60. The smallest absolute Gasteiger partial charge is 0.0994 e. The highest BCUT2D eigenvalue weighted by Gasteiger charge is 2.12. The Labute approximate surface area is 116 Å². The van der Waals surface area contributed by atoms with E-state index in [2.05, 4.69) is 58.4 Å². The summed E-state index contributed by atoms with van der Waals surface area (Å²) in [6.45, 7) is 6.27. The molecule has 1 heterocycles. The molecule has 0 spiro atoms. The maximum absolute atomic E-state index is 6.11. The normalized spacial score (nSPS) is 12.7. The fraction of sp³-hybridized carbons (Fsp3) is 0.357. The van der Waals surface area contributed by atoms with Gasteiger partial charge in [-0.2, -0.15) is 0 Å². The molecule has 2 rings (SSSR count). The molecular weight excluding hydrogens is 290 g/mol. The van der Waals surface area contributed by atoms with E-state index in [1.807, 2.05) is 12.5 Å². The lowest BCUT2D eigenvalue weighted by molar-refractivity contribution is 0.659. The molecule has 0 unspecified atom stereocenters. The average Bonchev–Trinajstić information content (AvgIpc) is 2.83. The van der Waals surface area contributed by atoms with Crippen molar-refractivity contribution in [1.82, 2.24) is 9.55 Å². The standard InChI is InChI=1S/C14H18BrN3/c1-4-12(16)13-7-17-8-18(13)11-5-9(2)14(15)10(3)6-11/h5-8,12H,4,16H2,1-3H3/t12-/m1/s1. The first-order valence-electron chi connectivity index (χ1n) is 6.09. The van der Waals surface area contributed by atoms with E-state index in [0.29, 0.717) is 0 Å². The first-order chi connectivity index (χ1) is 8.54. The molecule has 0 saturated heterocycles. The number of halogens is 1. The molecule has 0 amide bonds. The molecule has 96 valence electrons. The molecule has 0 fully saturated rings. The van der Waals surface area contributed by atoms with Crippen molar-refractivity contribution in [2.24, 2.45) is 5.73 Å². The van der Waals surface area contributed by atoms with Gasteiger partial charge in [-0.3, -0.25) is 0 Å². The second kappa shape index (κ2) is 5.24. The van der Waals surface area contributed by atoms with Crippen LogP contribution in [-0.2, 0) is 0 Å². The van der Waals surface area contributed by atoms with Crippen molar-refractivity contribution in [2.75, 3.05) is 0 Å². The van der Waals surface area contributed by atoms with E-state index in [-0.39, 0.29) is 6.04 Å². The first-order valence-corrected chi connectivity index (χ1v) is 6.88. The highest BCUT2D eigenvalue weighted by atomic mass is 79.9. The summed E-state index contributed by atoms with van der Waals surface area (Å²) in [4.78, 5) is 4.22. The van der Waals surface area contributed by atoms with Crippen molar-refractivity contribution < 1.29 is 0 Å². The SMILES string of the molecule is CC[C@@H](N)c1cncn1-c1cc(C)c(Br)c(C)c1. The maximum Gasteiger partial charge on any atom is 0.0994 e. The second-order valence-corrected chi connectivity index (χ2v) is 5.39. The predicted molar refractivity (Wildman–Crippen MR) is 78.0 cm³/mol. The van der Waals surface area contributed by atoms with Crippen LogP contribution in [0.2, 0.25) is 0 Å². The van der Waals surface area contributed by atoms with Gasteiger partial charge in [0.1, 0.15) is 0 Å². The molecule has 1 aromatic heterocycles. The molecule has 18 heavy (non-hydrogen) atoms. The lowest BCUT2D eigenvalue weighted by Gasteiger charge is -2.15. The van der Waals surface area contributed by atoms with Crippen LogP contribution < -0.4 is 5.73 Å². The van der Waals surface area contributed by atoms with Gasteiger partial charge in [0.25, 0.3) is 0 Å². The van der Waals surface area contributed by atoms with E-state index in [1.54, 1.807) is 0 Å². The number of aryl methyl sites for hydroxylation is 2. The molecule has 1 atom stereocenters. The van der Waals surface area contributed by atoms with E-state index in [9.17, 15) is 0 Å². The molecule has 0 saturated carbocycles. The summed E-state index contributed by atoms with van der Waals surface area (Å²) in [5, 5.41) is 0. The molecule has 0 aliphatic heterocycles. The van der Waals surface area contributed by atoms with Crippen LogP contribution in [0.15, 0.2) is 29.1 Å². The lowest BCUT2D eigenvalue weighted by atomic mass is 10.1. The third kappa shape index (κ3) is 2.35. The van der Waals surface area contributed by atoms with Crippen molar-refractivity contribution in [3.63, 3.8) is 0 Å². The minimum Gasteiger partial charge on any atom is -0.323 e. The van der Waals surface area contributed by atoms with Gasteiger partial charge in [0.15, 0.2) is 0 Å². The fourth-order valence-corrected chi connectivity index (χ4v) is 2.30. The summed E-state index contributed by atoms with van der Waals surface area (Å²) in [5.41, 5.74) is 10.7. The van der Waals surface area contributed by atoms with Gasteiger partial charge in [-0.15, -0.1) is 0 Å². The van der Waals surface area contributed by atoms with Crippen LogP contribution in [0.3, 0.4) is 0 Å². The Bertz CT molecular complexity index is 537. The summed E-state index contributed by atoms with van der Waals surface area (Å²) in [5.74, 6) is 0. The summed E-state index contributed by atoms with van der Waals surface area (Å²) in [7, 11) is 0. The molecule has 3 nitrogen and oxygen atoms in total. The quantitative estimate of drug-likeness (QED) is 0.940. The lowest BCUT2D eigenvalue weighted by Crippen LogP contribution is -2.13. The van der Waals surface area contributed by atoms with Crippen LogP contribution in [0.25, 0.3) is 5.69 Å². The molecule has 1 aromatic carbocycles. The van der Waals surface area contributed by atoms with Crippen LogP contribution in [0.5, 0.6) is 0 Å². The largest absolute Gasteiger partial charge is 0.323 e. The Morgan fingerprint density at radius 3 is 2.50 bits per heavy atom. The van der Waals surface area contributed by atoms with Gasteiger partial charge in [-0.05, 0) is 43.5 Å². The van der Waals surface area contributed by atoms with E-state index >= 15 is 0 Å². The number of benzene rings is 1. The molecule has 2 aromatic rings. The van der Waals surface area contributed by atoms with Crippen LogP contribution in [0, 0.1) is 13.8 Å². The summed E-state index contributed by atoms with van der Waals surface area (Å²) in [6, 6.07) is 4.31. The minimum absolute atomic E-state index is 0.0248. The van der Waals surface area contributed by atoms with Crippen molar-refractivity contribution >= 4 is 15.9 Å². The van der Waals surface area contributed by atoms with Crippen molar-refractivity contribution in [3.05, 3.63) is 46.0 Å². The summed E-state index contributed by atoms with van der Waals surface area (Å²) in [6.07, 6.45) is 4.58. The first kappa shape index (κ1) is 13.3. The molecule has 0 bridgehead atoms. The molecule has 0 aliphatic rings. The van der Waals surface area contributed by atoms with Gasteiger partial charge < -0.3 is 10.3 Å². The van der Waals surface area contributed by atoms with Crippen molar-refractivity contribution in [3.8, 4) is 5.69 Å². The van der Waals surface area contributed by atoms with Gasteiger partial charge in [0.05, 0.1) is 18.2 Å². The van der Waals surface area contributed by atoms with Gasteiger partial charge in [-0.1, -0.05) is 22.9 Å². The number of hydrogen-bond acceptors (Lipinski definition) is 2. The molecule has 4 heteroatoms. The fourth-order valence-electron chi connectivity index (χ4n) is 2.07. The van der Waals surface area contributed by atoms with Gasteiger partial charge >= 0.3 is 0 Å². The van der Waals surface area contributed by atoms with Crippen LogP contribution in [-0.4, -0.2) is 9.55 Å². The number of nitrogens with zero attached hydrogens (tertiary/aromatic N) is 2. The highest BCUT2D eigenvalue weighted by Crippen LogP contribution is 2.26. The number of hydrogen-bond donors (Lipinski definition) is 1. The number of aromatic nitrogens is 2. The highest BCUT2D eigenvalue weighted by molar-refractivity contribution is 9.10. The Balaban J connectivity index is 2.53.